The van der Waals surface area contributed by atoms with Crippen LogP contribution >= 0.6 is 0 Å². The summed E-state index contributed by atoms with van der Waals surface area (Å²) in [5.74, 6) is 0.820. The number of rotatable bonds is 1. The third-order valence-corrected chi connectivity index (χ3v) is 3.21. The zero-order valence-electron chi connectivity index (χ0n) is 8.99. The van der Waals surface area contributed by atoms with Crippen molar-refractivity contribution in [3.05, 3.63) is 35.6 Å². The molecule has 0 aromatic heterocycles. The highest BCUT2D eigenvalue weighted by atomic mass is 19.1. The molecule has 1 atom stereocenters. The van der Waals surface area contributed by atoms with Gasteiger partial charge in [-0.3, -0.25) is 4.99 Å². The van der Waals surface area contributed by atoms with Gasteiger partial charge in [0.25, 0.3) is 0 Å². The number of hydrogen-bond donors (Lipinski definition) is 1. The first-order valence-electron chi connectivity index (χ1n) is 5.65. The lowest BCUT2D eigenvalue weighted by Crippen LogP contribution is -2.37. The number of aliphatic imine (C=N–C) groups is 1. The van der Waals surface area contributed by atoms with Crippen LogP contribution in [-0.4, -0.2) is 30.5 Å². The number of guanidine groups is 1. The van der Waals surface area contributed by atoms with Gasteiger partial charge in [-0.1, -0.05) is 18.2 Å². The minimum absolute atomic E-state index is 0.111. The van der Waals surface area contributed by atoms with Crippen LogP contribution in [0.2, 0.25) is 0 Å². The zero-order chi connectivity index (χ0) is 11.0. The van der Waals surface area contributed by atoms with Gasteiger partial charge >= 0.3 is 0 Å². The first kappa shape index (κ1) is 9.63. The standard InChI is InChI=1S/C12H14FN3/c13-10-4-2-1-3-9(10)11-5-6-14-12-15-7-8-16(11)12/h1-4,11H,5-8H2,(H,14,15). The van der Waals surface area contributed by atoms with E-state index < -0.39 is 0 Å². The van der Waals surface area contributed by atoms with E-state index in [0.717, 1.165) is 37.6 Å². The van der Waals surface area contributed by atoms with Crippen molar-refractivity contribution in [3.8, 4) is 0 Å². The molecular weight excluding hydrogens is 205 g/mol. The topological polar surface area (TPSA) is 27.6 Å². The lowest BCUT2D eigenvalue weighted by molar-refractivity contribution is 0.306. The second-order valence-corrected chi connectivity index (χ2v) is 4.15. The number of nitrogens with one attached hydrogen (secondary N) is 1. The summed E-state index contributed by atoms with van der Waals surface area (Å²) in [6.07, 6.45) is 0.895. The highest BCUT2D eigenvalue weighted by Crippen LogP contribution is 2.30. The highest BCUT2D eigenvalue weighted by molar-refractivity contribution is 5.82. The molecule has 2 aliphatic heterocycles. The molecule has 0 aliphatic carbocycles. The molecule has 0 saturated carbocycles. The molecule has 1 aromatic rings. The molecule has 1 fully saturated rings. The van der Waals surface area contributed by atoms with E-state index in [-0.39, 0.29) is 11.9 Å². The fourth-order valence-corrected chi connectivity index (χ4v) is 2.46. The van der Waals surface area contributed by atoms with Gasteiger partial charge in [0.2, 0.25) is 0 Å². The molecule has 1 unspecified atom stereocenters. The number of hydrogen-bond acceptors (Lipinski definition) is 3. The molecular formula is C12H14FN3. The molecule has 0 spiro atoms. The van der Waals surface area contributed by atoms with E-state index in [1.807, 2.05) is 12.1 Å². The van der Waals surface area contributed by atoms with Gasteiger partial charge in [-0.15, -0.1) is 0 Å². The van der Waals surface area contributed by atoms with E-state index in [1.165, 1.54) is 6.07 Å². The Labute approximate surface area is 94.0 Å². The molecule has 4 heteroatoms. The summed E-state index contributed by atoms with van der Waals surface area (Å²) in [5.41, 5.74) is 0.790. The third kappa shape index (κ3) is 1.45. The maximum absolute atomic E-state index is 13.7. The Hall–Kier alpha value is -1.58. The zero-order valence-corrected chi connectivity index (χ0v) is 8.99. The average molecular weight is 219 g/mol. The van der Waals surface area contributed by atoms with Gasteiger partial charge in [-0.25, -0.2) is 4.39 Å². The summed E-state index contributed by atoms with van der Waals surface area (Å²) >= 11 is 0. The molecule has 1 aromatic carbocycles. The Balaban J connectivity index is 1.96. The van der Waals surface area contributed by atoms with Crippen LogP contribution < -0.4 is 5.32 Å². The van der Waals surface area contributed by atoms with Gasteiger partial charge < -0.3 is 10.2 Å². The Bertz CT molecular complexity index is 430. The van der Waals surface area contributed by atoms with Crippen LogP contribution in [0.3, 0.4) is 0 Å². The summed E-state index contributed by atoms with van der Waals surface area (Å²) in [5, 5.41) is 3.23. The summed E-state index contributed by atoms with van der Waals surface area (Å²) in [6.45, 7) is 2.60. The summed E-state index contributed by atoms with van der Waals surface area (Å²) in [4.78, 5) is 6.57. The van der Waals surface area contributed by atoms with E-state index in [0.29, 0.717) is 0 Å². The van der Waals surface area contributed by atoms with E-state index in [2.05, 4.69) is 15.2 Å². The second-order valence-electron chi connectivity index (χ2n) is 4.15. The summed E-state index contributed by atoms with van der Waals surface area (Å²) < 4.78 is 13.7. The smallest absolute Gasteiger partial charge is 0.194 e. The van der Waals surface area contributed by atoms with Crippen molar-refractivity contribution >= 4 is 5.96 Å². The largest absolute Gasteiger partial charge is 0.354 e. The minimum atomic E-state index is -0.111. The molecule has 0 bridgehead atoms. The van der Waals surface area contributed by atoms with E-state index in [1.54, 1.807) is 6.07 Å². The van der Waals surface area contributed by atoms with Gasteiger partial charge in [0.15, 0.2) is 5.96 Å². The van der Waals surface area contributed by atoms with E-state index >= 15 is 0 Å². The predicted octanol–water partition coefficient (Wildman–Crippen LogP) is 1.53. The van der Waals surface area contributed by atoms with Gasteiger partial charge in [-0.2, -0.15) is 0 Å². The molecule has 1 N–H and O–H groups in total. The summed E-state index contributed by atoms with van der Waals surface area (Å²) in [6, 6.07) is 7.18. The van der Waals surface area contributed by atoms with Crippen molar-refractivity contribution in [1.29, 1.82) is 0 Å². The predicted molar refractivity (Wildman–Crippen MR) is 60.8 cm³/mol. The molecule has 3 rings (SSSR count). The van der Waals surface area contributed by atoms with Crippen LogP contribution in [0.25, 0.3) is 0 Å². The lowest BCUT2D eigenvalue weighted by Gasteiger charge is -2.32. The van der Waals surface area contributed by atoms with Crippen molar-refractivity contribution in [1.82, 2.24) is 10.2 Å². The van der Waals surface area contributed by atoms with Crippen molar-refractivity contribution in [2.45, 2.75) is 12.5 Å². The Morgan fingerprint density at radius 1 is 1.38 bits per heavy atom. The monoisotopic (exact) mass is 219 g/mol. The molecule has 0 amide bonds. The van der Waals surface area contributed by atoms with Gasteiger partial charge in [0, 0.05) is 25.2 Å². The van der Waals surface area contributed by atoms with Crippen LogP contribution in [0.15, 0.2) is 29.3 Å². The maximum atomic E-state index is 13.7. The Morgan fingerprint density at radius 3 is 3.12 bits per heavy atom. The number of halogens is 1. The second kappa shape index (κ2) is 3.77. The normalized spacial score (nSPS) is 23.7. The molecule has 2 aliphatic rings. The van der Waals surface area contributed by atoms with Crippen LogP contribution in [0.1, 0.15) is 18.0 Å². The number of benzene rings is 1. The molecule has 0 radical (unpaired) electrons. The lowest BCUT2D eigenvalue weighted by atomic mass is 10.0. The van der Waals surface area contributed by atoms with Crippen LogP contribution in [-0.2, 0) is 0 Å². The van der Waals surface area contributed by atoms with Crippen molar-refractivity contribution in [2.75, 3.05) is 19.6 Å². The third-order valence-electron chi connectivity index (χ3n) is 3.21. The first-order valence-corrected chi connectivity index (χ1v) is 5.65. The molecule has 84 valence electrons. The van der Waals surface area contributed by atoms with Gasteiger partial charge in [0.05, 0.1) is 6.04 Å². The SMILES string of the molecule is Fc1ccccc1C1CCN=C2NCCN21. The van der Waals surface area contributed by atoms with E-state index in [9.17, 15) is 4.39 Å². The Morgan fingerprint density at radius 2 is 2.25 bits per heavy atom. The summed E-state index contributed by atoms with van der Waals surface area (Å²) in [7, 11) is 0. The van der Waals surface area contributed by atoms with Crippen molar-refractivity contribution < 1.29 is 4.39 Å². The van der Waals surface area contributed by atoms with E-state index in [4.69, 9.17) is 0 Å². The molecule has 16 heavy (non-hydrogen) atoms. The minimum Gasteiger partial charge on any atom is -0.354 e. The maximum Gasteiger partial charge on any atom is 0.194 e. The Kier molecular flexibility index (Phi) is 2.27. The van der Waals surface area contributed by atoms with Crippen LogP contribution in [0, 0.1) is 5.82 Å². The number of nitrogens with zero attached hydrogens (tertiary/aromatic N) is 2. The molecule has 2 heterocycles. The number of fused-ring (bicyclic) bond motifs is 1. The van der Waals surface area contributed by atoms with Crippen LogP contribution in [0.5, 0.6) is 0 Å². The average Bonchev–Trinajstić information content (AvgIpc) is 2.77. The van der Waals surface area contributed by atoms with Crippen LogP contribution in [0.4, 0.5) is 4.39 Å². The molecule has 3 nitrogen and oxygen atoms in total. The van der Waals surface area contributed by atoms with Crippen molar-refractivity contribution in [3.63, 3.8) is 0 Å². The highest BCUT2D eigenvalue weighted by Gasteiger charge is 2.31. The quantitative estimate of drug-likeness (QED) is 0.775. The fourth-order valence-electron chi connectivity index (χ4n) is 2.46. The first-order chi connectivity index (χ1) is 7.86. The fraction of sp³-hybridized carbons (Fsp3) is 0.417. The molecule has 1 saturated heterocycles. The van der Waals surface area contributed by atoms with Gasteiger partial charge in [-0.05, 0) is 12.5 Å². The van der Waals surface area contributed by atoms with Crippen molar-refractivity contribution in [2.24, 2.45) is 4.99 Å². The van der Waals surface area contributed by atoms with Gasteiger partial charge in [0.1, 0.15) is 5.82 Å².